The Morgan fingerprint density at radius 2 is 1.75 bits per heavy atom. The van der Waals surface area contributed by atoms with Crippen LogP contribution in [0, 0.1) is 6.92 Å². The molecule has 0 spiro atoms. The number of aromatic nitrogens is 1. The number of hydrogen-bond donors (Lipinski definition) is 0. The van der Waals surface area contributed by atoms with E-state index in [2.05, 4.69) is 33.9 Å². The van der Waals surface area contributed by atoms with Crippen molar-refractivity contribution in [3.8, 4) is 0 Å². The summed E-state index contributed by atoms with van der Waals surface area (Å²) in [6.07, 6.45) is 4.74. The molecule has 1 heterocycles. The molecule has 0 amide bonds. The molecule has 0 saturated carbocycles. The molecule has 0 unspecified atom stereocenters. The van der Waals surface area contributed by atoms with E-state index in [0.717, 1.165) is 11.1 Å². The van der Waals surface area contributed by atoms with Crippen molar-refractivity contribution in [2.24, 2.45) is 0 Å². The summed E-state index contributed by atoms with van der Waals surface area (Å²) < 4.78 is 38.9. The number of nitrogens with zero attached hydrogens (tertiary/aromatic N) is 1. The van der Waals surface area contributed by atoms with Crippen molar-refractivity contribution in [2.45, 2.75) is 57.3 Å². The van der Waals surface area contributed by atoms with Crippen LogP contribution in [0.25, 0.3) is 6.08 Å². The van der Waals surface area contributed by atoms with E-state index in [-0.39, 0.29) is 9.93 Å². The Morgan fingerprint density at radius 1 is 1.14 bits per heavy atom. The number of hydrogen-bond acceptors (Lipinski definition) is 4. The van der Waals surface area contributed by atoms with Gasteiger partial charge in [0.15, 0.2) is 8.32 Å². The third-order valence-corrected chi connectivity index (χ3v) is 11.4. The number of ether oxygens (including phenoxy) is 1. The third-order valence-electron chi connectivity index (χ3n) is 5.23. The lowest BCUT2D eigenvalue weighted by atomic mass is 10.2. The van der Waals surface area contributed by atoms with Gasteiger partial charge in [-0.2, -0.15) is 0 Å². The summed E-state index contributed by atoms with van der Waals surface area (Å²) in [5, 5.41) is 0.0856. The van der Waals surface area contributed by atoms with Crippen LogP contribution in [0.2, 0.25) is 18.1 Å². The first kappa shape index (κ1) is 22.5. The van der Waals surface area contributed by atoms with Crippen LogP contribution in [0.4, 0.5) is 0 Å². The molecule has 1 aromatic carbocycles. The van der Waals surface area contributed by atoms with Crippen molar-refractivity contribution in [1.82, 2.24) is 3.97 Å². The fraction of sp³-hybridized carbons (Fsp3) is 0.429. The Balaban J connectivity index is 2.41. The second-order valence-electron chi connectivity index (χ2n) is 8.47. The van der Waals surface area contributed by atoms with Gasteiger partial charge in [-0.1, -0.05) is 38.5 Å². The number of methoxy groups -OCH3 is 1. The van der Waals surface area contributed by atoms with Gasteiger partial charge in [-0.3, -0.25) is 0 Å². The molecule has 0 saturated heterocycles. The smallest absolute Gasteiger partial charge is 0.268 e. The van der Waals surface area contributed by atoms with Gasteiger partial charge in [-0.15, -0.1) is 0 Å². The summed E-state index contributed by atoms with van der Waals surface area (Å²) in [5.41, 5.74) is 2.35. The summed E-state index contributed by atoms with van der Waals surface area (Å²) in [7, 11) is -4.12. The van der Waals surface area contributed by atoms with Crippen LogP contribution < -0.4 is 0 Å². The Morgan fingerprint density at radius 3 is 2.29 bits per heavy atom. The molecule has 154 valence electrons. The Labute approximate surface area is 170 Å². The monoisotopic (exact) mass is 421 g/mol. The maximum absolute atomic E-state index is 13.2. The van der Waals surface area contributed by atoms with Gasteiger partial charge in [-0.05, 0) is 54.9 Å². The van der Waals surface area contributed by atoms with Crippen molar-refractivity contribution in [3.63, 3.8) is 0 Å². The largest absolute Gasteiger partial charge is 0.504 e. The standard InChI is InChI=1S/C21H31NO4SSi/c1-17-8-10-20(11-9-17)27(23,24)22-15-18(14-19(22)12-13-25-5)16-26-28(6,7)21(2,3)4/h8-15H,16H2,1-7H3/b13-12+. The maximum atomic E-state index is 13.2. The Hall–Kier alpha value is -1.83. The van der Waals surface area contributed by atoms with E-state index in [4.69, 9.17) is 9.16 Å². The van der Waals surface area contributed by atoms with Crippen LogP contribution in [0.5, 0.6) is 0 Å². The van der Waals surface area contributed by atoms with Crippen LogP contribution >= 0.6 is 0 Å². The molecule has 28 heavy (non-hydrogen) atoms. The zero-order valence-corrected chi connectivity index (χ0v) is 19.6. The molecular weight excluding hydrogens is 390 g/mol. The highest BCUT2D eigenvalue weighted by Gasteiger charge is 2.37. The van der Waals surface area contributed by atoms with E-state index in [1.165, 1.54) is 17.3 Å². The zero-order chi connectivity index (χ0) is 21.2. The molecule has 0 bridgehead atoms. The van der Waals surface area contributed by atoms with Gasteiger partial charge in [0.2, 0.25) is 0 Å². The highest BCUT2D eigenvalue weighted by molar-refractivity contribution is 7.90. The minimum atomic E-state index is -3.71. The van der Waals surface area contributed by atoms with Gasteiger partial charge in [0.25, 0.3) is 10.0 Å². The number of aryl methyl sites for hydroxylation is 1. The number of benzene rings is 1. The van der Waals surface area contributed by atoms with Crippen LogP contribution in [0.3, 0.4) is 0 Å². The second-order valence-corrected chi connectivity index (χ2v) is 15.1. The summed E-state index contributed by atoms with van der Waals surface area (Å²) in [5.74, 6) is 0. The molecule has 0 fully saturated rings. The number of rotatable bonds is 7. The Kier molecular flexibility index (Phi) is 6.63. The van der Waals surface area contributed by atoms with Gasteiger partial charge in [0, 0.05) is 6.20 Å². The fourth-order valence-corrected chi connectivity index (χ4v) is 4.70. The van der Waals surface area contributed by atoms with Crippen LogP contribution in [-0.4, -0.2) is 27.8 Å². The topological polar surface area (TPSA) is 57.5 Å². The average Bonchev–Trinajstić information content (AvgIpc) is 3.02. The van der Waals surface area contributed by atoms with Gasteiger partial charge >= 0.3 is 0 Å². The van der Waals surface area contributed by atoms with E-state index in [9.17, 15) is 8.42 Å². The van der Waals surface area contributed by atoms with Crippen molar-refractivity contribution in [1.29, 1.82) is 0 Å². The molecule has 0 aliphatic carbocycles. The van der Waals surface area contributed by atoms with Crippen molar-refractivity contribution in [3.05, 3.63) is 59.6 Å². The van der Waals surface area contributed by atoms with Crippen LogP contribution in [0.1, 0.15) is 37.6 Å². The first-order chi connectivity index (χ1) is 12.9. The molecule has 5 nitrogen and oxygen atoms in total. The van der Waals surface area contributed by atoms with Crippen molar-refractivity contribution >= 4 is 24.4 Å². The van der Waals surface area contributed by atoms with Gasteiger partial charge in [0.1, 0.15) is 0 Å². The predicted octanol–water partition coefficient (Wildman–Crippen LogP) is 5.17. The Bertz CT molecular complexity index is 936. The van der Waals surface area contributed by atoms with E-state index in [0.29, 0.717) is 12.3 Å². The lowest BCUT2D eigenvalue weighted by molar-refractivity contribution is 0.276. The molecule has 1 aromatic heterocycles. The highest BCUT2D eigenvalue weighted by Crippen LogP contribution is 2.37. The molecule has 7 heteroatoms. The molecule has 2 aromatic rings. The quantitative estimate of drug-likeness (QED) is 0.457. The van der Waals surface area contributed by atoms with Crippen LogP contribution in [-0.2, 0) is 25.8 Å². The normalized spacial score (nSPS) is 13.2. The molecule has 0 aliphatic rings. The molecule has 2 rings (SSSR count). The van der Waals surface area contributed by atoms with E-state index in [1.807, 2.05) is 13.0 Å². The molecule has 0 radical (unpaired) electrons. The van der Waals surface area contributed by atoms with E-state index >= 15 is 0 Å². The summed E-state index contributed by atoms with van der Waals surface area (Å²) in [4.78, 5) is 0.248. The summed E-state index contributed by atoms with van der Waals surface area (Å²) in [6.45, 7) is 13.2. The molecule has 0 aliphatic heterocycles. The predicted molar refractivity (Wildman–Crippen MR) is 116 cm³/mol. The van der Waals surface area contributed by atoms with E-state index < -0.39 is 18.3 Å². The van der Waals surface area contributed by atoms with Crippen molar-refractivity contribution < 1.29 is 17.6 Å². The third kappa shape index (κ3) is 4.95. The lowest BCUT2D eigenvalue weighted by Gasteiger charge is -2.36. The molecule has 0 N–H and O–H groups in total. The minimum Gasteiger partial charge on any atom is -0.504 e. The van der Waals surface area contributed by atoms with Crippen LogP contribution in [0.15, 0.2) is 47.7 Å². The maximum Gasteiger partial charge on any atom is 0.268 e. The SMILES string of the molecule is CO/C=C/c1cc(CO[Si](C)(C)C(C)(C)C)cn1S(=O)(=O)c1ccc(C)cc1. The highest BCUT2D eigenvalue weighted by atomic mass is 32.2. The zero-order valence-electron chi connectivity index (χ0n) is 17.8. The summed E-state index contributed by atoms with van der Waals surface area (Å²) >= 11 is 0. The fourth-order valence-electron chi connectivity index (χ4n) is 2.37. The average molecular weight is 422 g/mol. The minimum absolute atomic E-state index is 0.0856. The van der Waals surface area contributed by atoms with Crippen molar-refractivity contribution in [2.75, 3.05) is 7.11 Å². The second kappa shape index (κ2) is 8.27. The first-order valence-electron chi connectivity index (χ1n) is 9.25. The van der Waals surface area contributed by atoms with E-state index in [1.54, 1.807) is 36.5 Å². The van der Waals surface area contributed by atoms with Gasteiger partial charge in [0.05, 0.1) is 30.6 Å². The van der Waals surface area contributed by atoms with Gasteiger partial charge < -0.3 is 9.16 Å². The first-order valence-corrected chi connectivity index (χ1v) is 13.6. The summed E-state index contributed by atoms with van der Waals surface area (Å²) in [6, 6.07) is 8.67. The van der Waals surface area contributed by atoms with Gasteiger partial charge in [-0.25, -0.2) is 12.4 Å². The lowest BCUT2D eigenvalue weighted by Crippen LogP contribution is -2.40. The molecule has 0 atom stereocenters. The molecular formula is C21H31NO4SSi.